The molecule has 1 atom stereocenters. The number of nitrogens with zero attached hydrogens (tertiary/aromatic N) is 4. The number of rotatable bonds is 10. The van der Waals surface area contributed by atoms with E-state index >= 15 is 0 Å². The van der Waals surface area contributed by atoms with Crippen molar-refractivity contribution in [3.05, 3.63) is 92.3 Å². The SMILES string of the molecule is CCCC(C(=O)Cc1ccc(C(N)=O)c(F)c1)n1cc(OC)c(-c2cc(Cl)ccc2-n2cc(Cl)nn2)cc1=O. The number of Topliss-reactive ketones (excluding diaryl/α,β-unsaturated/α-hetero) is 1. The van der Waals surface area contributed by atoms with Crippen LogP contribution in [0.5, 0.6) is 5.75 Å². The summed E-state index contributed by atoms with van der Waals surface area (Å²) in [5.74, 6) is -1.70. The number of hydrogen-bond acceptors (Lipinski definition) is 6. The molecule has 2 aromatic carbocycles. The Morgan fingerprint density at radius 3 is 2.49 bits per heavy atom. The molecular formula is C27H24Cl2FN5O4. The first kappa shape index (κ1) is 28.0. The van der Waals surface area contributed by atoms with E-state index in [4.69, 9.17) is 33.7 Å². The summed E-state index contributed by atoms with van der Waals surface area (Å²) in [5.41, 5.74) is 6.32. The minimum absolute atomic E-state index is 0.150. The number of amides is 1. The summed E-state index contributed by atoms with van der Waals surface area (Å²) in [7, 11) is 1.45. The fourth-order valence-electron chi connectivity index (χ4n) is 4.35. The van der Waals surface area contributed by atoms with Gasteiger partial charge in [-0.05, 0) is 42.3 Å². The molecule has 2 aromatic heterocycles. The van der Waals surface area contributed by atoms with Crippen LogP contribution in [-0.2, 0) is 11.2 Å². The van der Waals surface area contributed by atoms with Crippen molar-refractivity contribution in [3.63, 3.8) is 0 Å². The van der Waals surface area contributed by atoms with Crippen LogP contribution in [0.2, 0.25) is 10.2 Å². The smallest absolute Gasteiger partial charge is 0.252 e. The molecule has 0 radical (unpaired) electrons. The Morgan fingerprint density at radius 2 is 1.87 bits per heavy atom. The van der Waals surface area contributed by atoms with Crippen molar-refractivity contribution in [2.24, 2.45) is 5.73 Å². The molecule has 0 saturated carbocycles. The Bertz CT molecular complexity index is 1620. The fraction of sp³-hybridized carbons (Fsp3) is 0.222. The van der Waals surface area contributed by atoms with E-state index in [1.807, 2.05) is 6.92 Å². The van der Waals surface area contributed by atoms with Crippen LogP contribution in [0.4, 0.5) is 4.39 Å². The van der Waals surface area contributed by atoms with E-state index in [1.165, 1.54) is 47.0 Å². The number of carbonyl (C=O) groups excluding carboxylic acids is 2. The molecule has 2 N–H and O–H groups in total. The molecular weight excluding hydrogens is 548 g/mol. The van der Waals surface area contributed by atoms with Crippen LogP contribution in [0.1, 0.15) is 41.7 Å². The number of ketones is 1. The van der Waals surface area contributed by atoms with Crippen molar-refractivity contribution in [2.75, 3.05) is 7.11 Å². The highest BCUT2D eigenvalue weighted by molar-refractivity contribution is 6.31. The minimum atomic E-state index is -0.900. The monoisotopic (exact) mass is 571 g/mol. The van der Waals surface area contributed by atoms with E-state index < -0.39 is 23.3 Å². The molecule has 2 heterocycles. The van der Waals surface area contributed by atoms with Crippen LogP contribution in [0.3, 0.4) is 0 Å². The maximum absolute atomic E-state index is 14.3. The predicted molar refractivity (Wildman–Crippen MR) is 145 cm³/mol. The summed E-state index contributed by atoms with van der Waals surface area (Å²) in [6.07, 6.45) is 3.81. The Balaban J connectivity index is 1.75. The van der Waals surface area contributed by atoms with Gasteiger partial charge in [0.15, 0.2) is 10.9 Å². The second-order valence-electron chi connectivity index (χ2n) is 8.77. The van der Waals surface area contributed by atoms with Crippen molar-refractivity contribution in [1.29, 1.82) is 0 Å². The quantitative estimate of drug-likeness (QED) is 0.291. The van der Waals surface area contributed by atoms with Crippen LogP contribution in [-0.4, -0.2) is 38.4 Å². The van der Waals surface area contributed by atoms with Gasteiger partial charge in [-0.1, -0.05) is 47.8 Å². The van der Waals surface area contributed by atoms with Crippen LogP contribution in [0.25, 0.3) is 16.8 Å². The minimum Gasteiger partial charge on any atom is -0.495 e. The second kappa shape index (κ2) is 11.8. The molecule has 4 rings (SSSR count). The van der Waals surface area contributed by atoms with Crippen molar-refractivity contribution in [3.8, 4) is 22.6 Å². The van der Waals surface area contributed by atoms with Gasteiger partial charge in [0.1, 0.15) is 11.6 Å². The first-order valence-corrected chi connectivity index (χ1v) is 12.7. The number of methoxy groups -OCH3 is 1. The van der Waals surface area contributed by atoms with E-state index in [2.05, 4.69) is 10.3 Å². The molecule has 1 unspecified atom stereocenters. The highest BCUT2D eigenvalue weighted by atomic mass is 35.5. The lowest BCUT2D eigenvalue weighted by Gasteiger charge is -2.21. The van der Waals surface area contributed by atoms with Crippen molar-refractivity contribution >= 4 is 34.9 Å². The summed E-state index contributed by atoms with van der Waals surface area (Å²) in [6, 6.07) is 9.37. The molecule has 0 aliphatic heterocycles. The number of benzene rings is 2. The molecule has 0 aliphatic rings. The largest absolute Gasteiger partial charge is 0.495 e. The Morgan fingerprint density at radius 1 is 1.10 bits per heavy atom. The second-order valence-corrected chi connectivity index (χ2v) is 9.60. The molecule has 0 aliphatic carbocycles. The normalized spacial score (nSPS) is 11.8. The van der Waals surface area contributed by atoms with Gasteiger partial charge in [-0.2, -0.15) is 0 Å². The Labute approximate surface area is 232 Å². The number of primary amides is 1. The average Bonchev–Trinajstić information content (AvgIpc) is 3.33. The number of nitrogens with two attached hydrogens (primary N) is 1. The van der Waals surface area contributed by atoms with E-state index in [1.54, 1.807) is 18.2 Å². The van der Waals surface area contributed by atoms with Gasteiger partial charge in [-0.15, -0.1) is 5.10 Å². The average molecular weight is 572 g/mol. The zero-order valence-electron chi connectivity index (χ0n) is 21.0. The number of ether oxygens (including phenoxy) is 1. The molecule has 202 valence electrons. The van der Waals surface area contributed by atoms with Gasteiger partial charge in [0, 0.05) is 28.6 Å². The maximum atomic E-state index is 14.3. The van der Waals surface area contributed by atoms with Gasteiger partial charge < -0.3 is 15.0 Å². The van der Waals surface area contributed by atoms with Crippen LogP contribution < -0.4 is 16.0 Å². The van der Waals surface area contributed by atoms with E-state index in [-0.39, 0.29) is 22.9 Å². The fourth-order valence-corrected chi connectivity index (χ4v) is 4.64. The summed E-state index contributed by atoms with van der Waals surface area (Å²) >= 11 is 12.2. The number of halogens is 3. The van der Waals surface area contributed by atoms with Gasteiger partial charge in [-0.25, -0.2) is 9.07 Å². The third-order valence-electron chi connectivity index (χ3n) is 6.17. The van der Waals surface area contributed by atoms with Gasteiger partial charge in [0.25, 0.3) is 11.5 Å². The Kier molecular flexibility index (Phi) is 8.47. The highest BCUT2D eigenvalue weighted by Gasteiger charge is 2.24. The van der Waals surface area contributed by atoms with Crippen molar-refractivity contribution in [2.45, 2.75) is 32.2 Å². The van der Waals surface area contributed by atoms with Gasteiger partial charge in [0.05, 0.1) is 36.8 Å². The molecule has 4 aromatic rings. The first-order valence-electron chi connectivity index (χ1n) is 11.9. The van der Waals surface area contributed by atoms with E-state index in [9.17, 15) is 18.8 Å². The molecule has 39 heavy (non-hydrogen) atoms. The third-order valence-corrected chi connectivity index (χ3v) is 6.58. The number of carbonyl (C=O) groups is 2. The lowest BCUT2D eigenvalue weighted by atomic mass is 9.98. The topological polar surface area (TPSA) is 122 Å². The van der Waals surface area contributed by atoms with E-state index in [0.29, 0.717) is 46.0 Å². The molecule has 9 nitrogen and oxygen atoms in total. The first-order chi connectivity index (χ1) is 18.6. The molecule has 0 fully saturated rings. The molecule has 1 amide bonds. The number of pyridine rings is 1. The van der Waals surface area contributed by atoms with E-state index in [0.717, 1.165) is 6.07 Å². The standard InChI is InChI=1S/C27H24Cl2FN5O4/c1-3-4-22(23(36)10-15-5-7-17(27(31)38)20(30)9-15)34-13-24(39-2)19(12-26(34)37)18-11-16(28)6-8-21(18)35-14-25(29)32-33-35/h5-9,11-14,22H,3-4,10H2,1-2H3,(H2,31,38). The molecule has 12 heteroatoms. The molecule has 0 saturated heterocycles. The molecule has 0 bridgehead atoms. The zero-order valence-corrected chi connectivity index (χ0v) is 22.5. The Hall–Kier alpha value is -4.02. The summed E-state index contributed by atoms with van der Waals surface area (Å²) in [6.45, 7) is 1.89. The highest BCUT2D eigenvalue weighted by Crippen LogP contribution is 2.35. The number of hydrogen-bond donors (Lipinski definition) is 1. The third kappa shape index (κ3) is 6.02. The summed E-state index contributed by atoms with van der Waals surface area (Å²) in [4.78, 5) is 38.1. The van der Waals surface area contributed by atoms with Gasteiger partial charge >= 0.3 is 0 Å². The lowest BCUT2D eigenvalue weighted by molar-refractivity contribution is -0.121. The van der Waals surface area contributed by atoms with Crippen LogP contribution in [0.15, 0.2) is 59.7 Å². The van der Waals surface area contributed by atoms with Gasteiger partial charge in [-0.3, -0.25) is 14.4 Å². The zero-order chi connectivity index (χ0) is 28.3. The predicted octanol–water partition coefficient (Wildman–Crippen LogP) is 4.80. The summed E-state index contributed by atoms with van der Waals surface area (Å²) in [5, 5.41) is 8.41. The van der Waals surface area contributed by atoms with Gasteiger partial charge in [0.2, 0.25) is 0 Å². The van der Waals surface area contributed by atoms with Crippen molar-refractivity contribution < 1.29 is 18.7 Å². The summed E-state index contributed by atoms with van der Waals surface area (Å²) < 4.78 is 22.7. The lowest BCUT2D eigenvalue weighted by Crippen LogP contribution is -2.30. The van der Waals surface area contributed by atoms with Crippen molar-refractivity contribution in [1.82, 2.24) is 19.6 Å². The molecule has 0 spiro atoms. The van der Waals surface area contributed by atoms with Crippen LogP contribution in [0, 0.1) is 5.82 Å². The number of aromatic nitrogens is 4. The van der Waals surface area contributed by atoms with Crippen LogP contribution >= 0.6 is 23.2 Å². The maximum Gasteiger partial charge on any atom is 0.252 e.